The van der Waals surface area contributed by atoms with Crippen LogP contribution in [0.3, 0.4) is 0 Å². The molecule has 0 atom stereocenters. The minimum atomic E-state index is -0.00534. The fourth-order valence-corrected chi connectivity index (χ4v) is 2.85. The van der Waals surface area contributed by atoms with E-state index in [0.29, 0.717) is 43.9 Å². The topological polar surface area (TPSA) is 62.7 Å². The van der Waals surface area contributed by atoms with Crippen molar-refractivity contribution >= 4 is 11.7 Å². The molecule has 6 nitrogen and oxygen atoms in total. The highest BCUT2D eigenvalue weighted by Crippen LogP contribution is 2.13. The van der Waals surface area contributed by atoms with Crippen LogP contribution in [0.25, 0.3) is 0 Å². The third-order valence-electron chi connectivity index (χ3n) is 4.35. The molecule has 0 radical (unpaired) electrons. The first-order chi connectivity index (χ1) is 12.2. The molecule has 0 unspecified atom stereocenters. The number of hydrogen-bond donors (Lipinski definition) is 0. The van der Waals surface area contributed by atoms with Crippen molar-refractivity contribution in [2.75, 3.05) is 39.8 Å². The van der Waals surface area contributed by atoms with Crippen molar-refractivity contribution in [3.05, 3.63) is 59.9 Å². The van der Waals surface area contributed by atoms with Gasteiger partial charge in [0.15, 0.2) is 5.78 Å². The van der Waals surface area contributed by atoms with E-state index in [-0.39, 0.29) is 11.7 Å². The molecule has 1 aliphatic heterocycles. The maximum absolute atomic E-state index is 12.4. The Morgan fingerprint density at radius 1 is 1.04 bits per heavy atom. The van der Waals surface area contributed by atoms with Crippen molar-refractivity contribution in [1.82, 2.24) is 14.8 Å². The summed E-state index contributed by atoms with van der Waals surface area (Å²) in [6, 6.07) is 10.7. The number of aromatic nitrogens is 1. The van der Waals surface area contributed by atoms with E-state index in [1.54, 1.807) is 55.9 Å². The molecule has 25 heavy (non-hydrogen) atoms. The molecule has 1 aliphatic rings. The minimum Gasteiger partial charge on any atom is -0.497 e. The van der Waals surface area contributed by atoms with Crippen LogP contribution in [0.2, 0.25) is 0 Å². The molecular formula is C19H21N3O3. The molecule has 1 saturated heterocycles. The van der Waals surface area contributed by atoms with E-state index in [2.05, 4.69) is 9.88 Å². The lowest BCUT2D eigenvalue weighted by Crippen LogP contribution is -2.49. The third-order valence-corrected chi connectivity index (χ3v) is 4.35. The first-order valence-electron chi connectivity index (χ1n) is 8.26. The number of pyridine rings is 1. The van der Waals surface area contributed by atoms with Gasteiger partial charge in [0, 0.05) is 44.1 Å². The van der Waals surface area contributed by atoms with Crippen LogP contribution in [0.4, 0.5) is 0 Å². The Hall–Kier alpha value is -2.73. The lowest BCUT2D eigenvalue weighted by molar-refractivity contribution is 0.0624. The lowest BCUT2D eigenvalue weighted by atomic mass is 10.1. The fourth-order valence-electron chi connectivity index (χ4n) is 2.85. The fraction of sp³-hybridized carbons (Fsp3) is 0.316. The van der Waals surface area contributed by atoms with E-state index in [1.165, 1.54) is 0 Å². The number of Topliss-reactive ketones (excluding diaryl/α,β-unsaturated/α-hetero) is 1. The quantitative estimate of drug-likeness (QED) is 0.777. The largest absolute Gasteiger partial charge is 0.497 e. The Morgan fingerprint density at radius 2 is 1.76 bits per heavy atom. The number of hydrogen-bond acceptors (Lipinski definition) is 5. The summed E-state index contributed by atoms with van der Waals surface area (Å²) in [5.74, 6) is 0.808. The standard InChI is InChI=1S/C19H21N3O3/c1-25-17-6-4-15(5-7-17)18(23)14-21-9-11-22(12-10-21)19(24)16-3-2-8-20-13-16/h2-8,13H,9-12,14H2,1H3. The highest BCUT2D eigenvalue weighted by atomic mass is 16.5. The molecule has 3 rings (SSSR count). The van der Waals surface area contributed by atoms with Crippen LogP contribution in [0.15, 0.2) is 48.8 Å². The predicted molar refractivity (Wildman–Crippen MR) is 93.9 cm³/mol. The van der Waals surface area contributed by atoms with Crippen molar-refractivity contribution in [3.63, 3.8) is 0 Å². The second kappa shape index (κ2) is 7.90. The number of amides is 1. The van der Waals surface area contributed by atoms with E-state index in [9.17, 15) is 9.59 Å². The Bertz CT molecular complexity index is 723. The average Bonchev–Trinajstić information content (AvgIpc) is 2.68. The zero-order chi connectivity index (χ0) is 17.6. The SMILES string of the molecule is COc1ccc(C(=O)CN2CCN(C(=O)c3cccnc3)CC2)cc1. The van der Waals surface area contributed by atoms with Crippen molar-refractivity contribution in [2.45, 2.75) is 0 Å². The number of ketones is 1. The zero-order valence-corrected chi connectivity index (χ0v) is 14.2. The lowest BCUT2D eigenvalue weighted by Gasteiger charge is -2.34. The van der Waals surface area contributed by atoms with Gasteiger partial charge < -0.3 is 9.64 Å². The highest BCUT2D eigenvalue weighted by molar-refractivity contribution is 5.97. The maximum Gasteiger partial charge on any atom is 0.255 e. The van der Waals surface area contributed by atoms with Gasteiger partial charge in [0.2, 0.25) is 0 Å². The van der Waals surface area contributed by atoms with E-state index >= 15 is 0 Å². The van der Waals surface area contributed by atoms with E-state index in [1.807, 2.05) is 4.90 Å². The molecule has 2 heterocycles. The smallest absolute Gasteiger partial charge is 0.255 e. The number of nitrogens with zero attached hydrogens (tertiary/aromatic N) is 3. The van der Waals surface area contributed by atoms with Gasteiger partial charge in [0.05, 0.1) is 19.2 Å². The van der Waals surface area contributed by atoms with Crippen LogP contribution in [-0.4, -0.2) is 66.3 Å². The normalized spacial score (nSPS) is 15.0. The summed E-state index contributed by atoms with van der Waals surface area (Å²) in [6.07, 6.45) is 3.24. The summed E-state index contributed by atoms with van der Waals surface area (Å²) in [6.45, 7) is 2.97. The molecular weight excluding hydrogens is 318 g/mol. The maximum atomic E-state index is 12.4. The molecule has 6 heteroatoms. The molecule has 2 aromatic rings. The zero-order valence-electron chi connectivity index (χ0n) is 14.2. The van der Waals surface area contributed by atoms with E-state index < -0.39 is 0 Å². The van der Waals surface area contributed by atoms with Crippen LogP contribution >= 0.6 is 0 Å². The number of piperazine rings is 1. The van der Waals surface area contributed by atoms with Crippen LogP contribution in [-0.2, 0) is 0 Å². The number of rotatable bonds is 5. The first kappa shape index (κ1) is 17.1. The van der Waals surface area contributed by atoms with Gasteiger partial charge in [-0.2, -0.15) is 0 Å². The Labute approximate surface area is 147 Å². The number of methoxy groups -OCH3 is 1. The second-order valence-corrected chi connectivity index (χ2v) is 5.96. The van der Waals surface area contributed by atoms with Crippen molar-refractivity contribution in [3.8, 4) is 5.75 Å². The molecule has 1 amide bonds. The number of carbonyl (C=O) groups is 2. The van der Waals surface area contributed by atoms with E-state index in [0.717, 1.165) is 5.75 Å². The summed E-state index contributed by atoms with van der Waals surface area (Å²) in [5, 5.41) is 0. The van der Waals surface area contributed by atoms with Crippen molar-refractivity contribution in [2.24, 2.45) is 0 Å². The van der Waals surface area contributed by atoms with Gasteiger partial charge in [-0.25, -0.2) is 0 Å². The van der Waals surface area contributed by atoms with Crippen LogP contribution < -0.4 is 4.74 Å². The van der Waals surface area contributed by atoms with E-state index in [4.69, 9.17) is 4.74 Å². The van der Waals surface area contributed by atoms with Crippen LogP contribution in [0.1, 0.15) is 20.7 Å². The Kier molecular flexibility index (Phi) is 5.40. The van der Waals surface area contributed by atoms with Crippen LogP contribution in [0, 0.1) is 0 Å². The summed E-state index contributed by atoms with van der Waals surface area (Å²) < 4.78 is 5.11. The molecule has 1 aromatic carbocycles. The third kappa shape index (κ3) is 4.22. The summed E-state index contributed by atoms with van der Waals surface area (Å²) >= 11 is 0. The Morgan fingerprint density at radius 3 is 2.36 bits per heavy atom. The van der Waals surface area contributed by atoms with Gasteiger partial charge in [-0.15, -0.1) is 0 Å². The summed E-state index contributed by atoms with van der Waals surface area (Å²) in [7, 11) is 1.60. The van der Waals surface area contributed by atoms with Crippen molar-refractivity contribution < 1.29 is 14.3 Å². The second-order valence-electron chi connectivity index (χ2n) is 5.96. The molecule has 130 valence electrons. The molecule has 0 bridgehead atoms. The van der Waals surface area contributed by atoms with Gasteiger partial charge in [0.25, 0.3) is 5.91 Å². The van der Waals surface area contributed by atoms with Gasteiger partial charge in [-0.3, -0.25) is 19.5 Å². The average molecular weight is 339 g/mol. The molecule has 0 aliphatic carbocycles. The summed E-state index contributed by atoms with van der Waals surface area (Å²) in [5.41, 5.74) is 1.28. The monoisotopic (exact) mass is 339 g/mol. The molecule has 1 fully saturated rings. The number of carbonyl (C=O) groups excluding carboxylic acids is 2. The van der Waals surface area contributed by atoms with Gasteiger partial charge in [-0.1, -0.05) is 0 Å². The molecule has 0 N–H and O–H groups in total. The first-order valence-corrected chi connectivity index (χ1v) is 8.26. The van der Waals surface area contributed by atoms with Crippen LogP contribution in [0.5, 0.6) is 5.75 Å². The molecule has 1 aromatic heterocycles. The highest BCUT2D eigenvalue weighted by Gasteiger charge is 2.23. The molecule has 0 saturated carbocycles. The van der Waals surface area contributed by atoms with Gasteiger partial charge >= 0.3 is 0 Å². The molecule has 0 spiro atoms. The Balaban J connectivity index is 1.52. The predicted octanol–water partition coefficient (Wildman–Crippen LogP) is 1.73. The van der Waals surface area contributed by atoms with Gasteiger partial charge in [-0.05, 0) is 36.4 Å². The van der Waals surface area contributed by atoms with Gasteiger partial charge in [0.1, 0.15) is 5.75 Å². The number of benzene rings is 1. The van der Waals surface area contributed by atoms with Crippen molar-refractivity contribution in [1.29, 1.82) is 0 Å². The number of ether oxygens (including phenoxy) is 1. The minimum absolute atomic E-state index is 0.00534. The summed E-state index contributed by atoms with van der Waals surface area (Å²) in [4.78, 5) is 32.7.